The average molecular weight is 276 g/mol. The van der Waals surface area contributed by atoms with Gasteiger partial charge in [0.05, 0.1) is 13.7 Å². The van der Waals surface area contributed by atoms with Crippen LogP contribution in [0.25, 0.3) is 0 Å². The highest BCUT2D eigenvalue weighted by atomic mass is 16.5. The van der Waals surface area contributed by atoms with Gasteiger partial charge in [-0.05, 0) is 26.0 Å². The number of likely N-dealkylation sites (N-methyl/N-ethyl adjacent to an activating group) is 1. The van der Waals surface area contributed by atoms with Gasteiger partial charge in [-0.25, -0.2) is 0 Å². The van der Waals surface area contributed by atoms with Gasteiger partial charge in [0, 0.05) is 24.9 Å². The lowest BCUT2D eigenvalue weighted by molar-refractivity contribution is -0.129. The monoisotopic (exact) mass is 276 g/mol. The number of carbonyl (C=O) groups is 2. The van der Waals surface area contributed by atoms with E-state index in [1.165, 1.54) is 11.0 Å². The van der Waals surface area contributed by atoms with Crippen LogP contribution in [0, 0.1) is 0 Å². The molecule has 0 aliphatic heterocycles. The zero-order valence-electron chi connectivity index (χ0n) is 12.3. The number of anilines is 1. The average Bonchev–Trinajstić information content (AvgIpc) is 2.37. The molecule has 2 amide bonds. The standard InChI is InChI=1S/C15H20N2O3/c1-11(2)8-15(19)17(3)10-14(18)16-12-6-5-7-13(9-12)20-4/h5-9H,10H2,1-4H3,(H,16,18). The normalized spacial score (nSPS) is 9.60. The van der Waals surface area contributed by atoms with Crippen molar-refractivity contribution in [3.8, 4) is 5.75 Å². The maximum atomic E-state index is 11.8. The Hall–Kier alpha value is -2.30. The predicted molar refractivity (Wildman–Crippen MR) is 78.7 cm³/mol. The Morgan fingerprint density at radius 1 is 1.35 bits per heavy atom. The lowest BCUT2D eigenvalue weighted by Gasteiger charge is -2.15. The number of allylic oxidation sites excluding steroid dienone is 1. The molecule has 5 nitrogen and oxygen atoms in total. The Morgan fingerprint density at radius 3 is 2.65 bits per heavy atom. The third kappa shape index (κ3) is 5.14. The summed E-state index contributed by atoms with van der Waals surface area (Å²) in [6.07, 6.45) is 1.50. The van der Waals surface area contributed by atoms with E-state index in [2.05, 4.69) is 5.32 Å². The van der Waals surface area contributed by atoms with E-state index >= 15 is 0 Å². The van der Waals surface area contributed by atoms with Crippen molar-refractivity contribution in [1.29, 1.82) is 0 Å². The van der Waals surface area contributed by atoms with E-state index in [4.69, 9.17) is 4.74 Å². The topological polar surface area (TPSA) is 58.6 Å². The van der Waals surface area contributed by atoms with Crippen LogP contribution in [-0.2, 0) is 9.59 Å². The fourth-order valence-electron chi connectivity index (χ4n) is 1.55. The van der Waals surface area contributed by atoms with Gasteiger partial charge in [0.15, 0.2) is 0 Å². The number of carbonyl (C=O) groups excluding carboxylic acids is 2. The third-order valence-corrected chi connectivity index (χ3v) is 2.52. The van der Waals surface area contributed by atoms with E-state index in [1.54, 1.807) is 38.4 Å². The third-order valence-electron chi connectivity index (χ3n) is 2.52. The minimum Gasteiger partial charge on any atom is -0.497 e. The maximum absolute atomic E-state index is 11.8. The summed E-state index contributed by atoms with van der Waals surface area (Å²) in [7, 11) is 3.15. The smallest absolute Gasteiger partial charge is 0.246 e. The van der Waals surface area contributed by atoms with E-state index < -0.39 is 0 Å². The number of nitrogens with zero attached hydrogens (tertiary/aromatic N) is 1. The first-order valence-corrected chi connectivity index (χ1v) is 6.26. The number of rotatable bonds is 5. The second-order valence-corrected chi connectivity index (χ2v) is 4.70. The number of hydrogen-bond acceptors (Lipinski definition) is 3. The summed E-state index contributed by atoms with van der Waals surface area (Å²) in [6.45, 7) is 3.67. The molecule has 20 heavy (non-hydrogen) atoms. The number of amides is 2. The van der Waals surface area contributed by atoms with Gasteiger partial charge >= 0.3 is 0 Å². The van der Waals surface area contributed by atoms with Crippen LogP contribution in [0.15, 0.2) is 35.9 Å². The van der Waals surface area contributed by atoms with Gasteiger partial charge in [0.2, 0.25) is 11.8 Å². The molecule has 0 aromatic heterocycles. The number of ether oxygens (including phenoxy) is 1. The van der Waals surface area contributed by atoms with Crippen LogP contribution in [0.2, 0.25) is 0 Å². The van der Waals surface area contributed by atoms with E-state index in [1.807, 2.05) is 13.8 Å². The van der Waals surface area contributed by atoms with Crippen LogP contribution in [0.5, 0.6) is 5.75 Å². The van der Waals surface area contributed by atoms with Gasteiger partial charge in [-0.1, -0.05) is 11.6 Å². The Balaban J connectivity index is 2.59. The summed E-state index contributed by atoms with van der Waals surface area (Å²) in [6, 6.07) is 7.06. The van der Waals surface area contributed by atoms with Crippen LogP contribution in [-0.4, -0.2) is 37.4 Å². The molecule has 0 atom stereocenters. The fourth-order valence-corrected chi connectivity index (χ4v) is 1.55. The second-order valence-electron chi connectivity index (χ2n) is 4.70. The van der Waals surface area contributed by atoms with Crippen LogP contribution in [0.3, 0.4) is 0 Å². The summed E-state index contributed by atoms with van der Waals surface area (Å²) >= 11 is 0. The highest BCUT2D eigenvalue weighted by Gasteiger charge is 2.11. The predicted octanol–water partition coefficient (Wildman–Crippen LogP) is 2.06. The number of benzene rings is 1. The molecule has 0 bridgehead atoms. The molecule has 1 aromatic carbocycles. The van der Waals surface area contributed by atoms with Crippen LogP contribution < -0.4 is 10.1 Å². The number of nitrogens with one attached hydrogen (secondary N) is 1. The van der Waals surface area contributed by atoms with E-state index in [9.17, 15) is 9.59 Å². The summed E-state index contributed by atoms with van der Waals surface area (Å²) in [5.74, 6) is 0.221. The minimum absolute atomic E-state index is 0.000176. The highest BCUT2D eigenvalue weighted by molar-refractivity contribution is 5.96. The summed E-state index contributed by atoms with van der Waals surface area (Å²) in [5, 5.41) is 2.72. The zero-order chi connectivity index (χ0) is 15.1. The molecule has 0 radical (unpaired) electrons. The van der Waals surface area contributed by atoms with Crippen molar-refractivity contribution < 1.29 is 14.3 Å². The molecule has 0 spiro atoms. The molecule has 0 unspecified atom stereocenters. The van der Waals surface area contributed by atoms with Crippen LogP contribution >= 0.6 is 0 Å². The summed E-state index contributed by atoms with van der Waals surface area (Å²) in [4.78, 5) is 24.9. The molecular weight excluding hydrogens is 256 g/mol. The fraction of sp³-hybridized carbons (Fsp3) is 0.333. The summed E-state index contributed by atoms with van der Waals surface area (Å²) in [5.41, 5.74) is 1.53. The van der Waals surface area contributed by atoms with Gasteiger partial charge in [-0.15, -0.1) is 0 Å². The molecular formula is C15H20N2O3. The molecule has 0 saturated carbocycles. The lowest BCUT2D eigenvalue weighted by atomic mass is 10.3. The molecule has 5 heteroatoms. The molecule has 1 rings (SSSR count). The molecule has 0 heterocycles. The van der Waals surface area contributed by atoms with Crippen molar-refractivity contribution in [3.63, 3.8) is 0 Å². The van der Waals surface area contributed by atoms with Crippen molar-refractivity contribution >= 4 is 17.5 Å². The first kappa shape index (κ1) is 15.8. The van der Waals surface area contributed by atoms with Crippen molar-refractivity contribution in [2.75, 3.05) is 26.0 Å². The van der Waals surface area contributed by atoms with Gasteiger partial charge < -0.3 is 15.0 Å². The molecule has 0 aliphatic rings. The van der Waals surface area contributed by atoms with Crippen molar-refractivity contribution in [1.82, 2.24) is 4.90 Å². The Kier molecular flexibility index (Phi) is 5.77. The van der Waals surface area contributed by atoms with Gasteiger partial charge in [0.25, 0.3) is 0 Å². The maximum Gasteiger partial charge on any atom is 0.246 e. The van der Waals surface area contributed by atoms with E-state index in [-0.39, 0.29) is 18.4 Å². The molecule has 108 valence electrons. The minimum atomic E-state index is -0.253. The largest absolute Gasteiger partial charge is 0.497 e. The second kappa shape index (κ2) is 7.33. The van der Waals surface area contributed by atoms with Crippen LogP contribution in [0.1, 0.15) is 13.8 Å². The Bertz CT molecular complexity index is 520. The number of hydrogen-bond donors (Lipinski definition) is 1. The van der Waals surface area contributed by atoms with Crippen molar-refractivity contribution in [2.24, 2.45) is 0 Å². The molecule has 0 fully saturated rings. The highest BCUT2D eigenvalue weighted by Crippen LogP contribution is 2.16. The quantitative estimate of drug-likeness (QED) is 0.837. The molecule has 1 N–H and O–H groups in total. The van der Waals surface area contributed by atoms with Gasteiger partial charge in [-0.2, -0.15) is 0 Å². The first-order valence-electron chi connectivity index (χ1n) is 6.26. The SMILES string of the molecule is COc1cccc(NC(=O)CN(C)C(=O)C=C(C)C)c1. The van der Waals surface area contributed by atoms with Gasteiger partial charge in [-0.3, -0.25) is 9.59 Å². The van der Waals surface area contributed by atoms with E-state index in [0.29, 0.717) is 11.4 Å². The van der Waals surface area contributed by atoms with Gasteiger partial charge in [0.1, 0.15) is 5.75 Å². The summed E-state index contributed by atoms with van der Waals surface area (Å²) < 4.78 is 5.08. The molecule has 0 saturated heterocycles. The molecule has 0 aliphatic carbocycles. The zero-order valence-corrected chi connectivity index (χ0v) is 12.3. The Labute approximate surface area is 119 Å². The first-order chi connectivity index (χ1) is 9.42. The lowest BCUT2D eigenvalue weighted by Crippen LogP contribution is -2.34. The molecule has 1 aromatic rings. The Morgan fingerprint density at radius 2 is 2.05 bits per heavy atom. The van der Waals surface area contributed by atoms with Crippen molar-refractivity contribution in [2.45, 2.75) is 13.8 Å². The van der Waals surface area contributed by atoms with Crippen LogP contribution in [0.4, 0.5) is 5.69 Å². The van der Waals surface area contributed by atoms with E-state index in [0.717, 1.165) is 5.57 Å². The number of methoxy groups -OCH3 is 1. The van der Waals surface area contributed by atoms with Crippen molar-refractivity contribution in [3.05, 3.63) is 35.9 Å².